The van der Waals surface area contributed by atoms with Gasteiger partial charge in [-0.2, -0.15) is 5.10 Å². The van der Waals surface area contributed by atoms with Gasteiger partial charge in [-0.25, -0.2) is 0 Å². The van der Waals surface area contributed by atoms with Crippen molar-refractivity contribution < 1.29 is 4.74 Å². The Morgan fingerprint density at radius 2 is 2.00 bits per heavy atom. The van der Waals surface area contributed by atoms with Crippen LogP contribution in [0.2, 0.25) is 0 Å². The maximum absolute atomic E-state index is 5.72. The molecule has 2 aromatic rings. The number of nitrogens with zero attached hydrogens (tertiary/aromatic N) is 2. The number of para-hydroxylation sites is 1. The Labute approximate surface area is 107 Å². The summed E-state index contributed by atoms with van der Waals surface area (Å²) in [5.74, 6) is 0.838. The number of hydrogen-bond donors (Lipinski definition) is 1. The largest absolute Gasteiger partial charge is 0.496 e. The molecular weight excluding hydrogens is 238 g/mol. The van der Waals surface area contributed by atoms with E-state index in [0.29, 0.717) is 6.54 Å². The van der Waals surface area contributed by atoms with Crippen molar-refractivity contribution >= 4 is 12.4 Å². The van der Waals surface area contributed by atoms with Crippen LogP contribution in [0.4, 0.5) is 0 Å². The molecule has 2 rings (SSSR count). The number of ether oxygens (including phenoxy) is 1. The van der Waals surface area contributed by atoms with Gasteiger partial charge in [0.15, 0.2) is 0 Å². The number of aromatic nitrogens is 2. The fourth-order valence-electron chi connectivity index (χ4n) is 1.80. The van der Waals surface area contributed by atoms with Gasteiger partial charge >= 0.3 is 0 Å². The van der Waals surface area contributed by atoms with E-state index >= 15 is 0 Å². The van der Waals surface area contributed by atoms with Crippen molar-refractivity contribution in [2.45, 2.75) is 6.54 Å². The molecule has 92 valence electrons. The fraction of sp³-hybridized carbons (Fsp3) is 0.250. The van der Waals surface area contributed by atoms with Gasteiger partial charge in [-0.05, 0) is 6.07 Å². The first kappa shape index (κ1) is 13.5. The molecule has 0 aliphatic carbocycles. The van der Waals surface area contributed by atoms with Gasteiger partial charge in [0.1, 0.15) is 5.75 Å². The first-order valence-corrected chi connectivity index (χ1v) is 5.12. The standard InChI is InChI=1S/C12H15N3O.ClH/c1-15-11(7-13)10(8-14-15)9-5-3-4-6-12(9)16-2;/h3-6,8H,7,13H2,1-2H3;1H. The van der Waals surface area contributed by atoms with Gasteiger partial charge in [0, 0.05) is 24.7 Å². The van der Waals surface area contributed by atoms with Gasteiger partial charge < -0.3 is 10.5 Å². The number of methoxy groups -OCH3 is 1. The van der Waals surface area contributed by atoms with Crippen LogP contribution in [-0.2, 0) is 13.6 Å². The number of aryl methyl sites for hydroxylation is 1. The second-order valence-electron chi connectivity index (χ2n) is 3.53. The molecule has 1 aromatic heterocycles. The normalized spacial score (nSPS) is 9.82. The Hall–Kier alpha value is -1.52. The first-order chi connectivity index (χ1) is 7.77. The van der Waals surface area contributed by atoms with Crippen molar-refractivity contribution in [3.63, 3.8) is 0 Å². The third-order valence-corrected chi connectivity index (χ3v) is 2.65. The van der Waals surface area contributed by atoms with Crippen molar-refractivity contribution in [2.75, 3.05) is 7.11 Å². The molecule has 17 heavy (non-hydrogen) atoms. The molecule has 0 amide bonds. The average molecular weight is 254 g/mol. The second kappa shape index (κ2) is 5.70. The summed E-state index contributed by atoms with van der Waals surface area (Å²) in [6.07, 6.45) is 1.82. The molecule has 0 unspecified atom stereocenters. The lowest BCUT2D eigenvalue weighted by Crippen LogP contribution is -2.05. The van der Waals surface area contributed by atoms with Gasteiger partial charge in [0.25, 0.3) is 0 Å². The Morgan fingerprint density at radius 3 is 2.65 bits per heavy atom. The van der Waals surface area contributed by atoms with Crippen LogP contribution in [0, 0.1) is 0 Å². The van der Waals surface area contributed by atoms with Crippen LogP contribution in [-0.4, -0.2) is 16.9 Å². The van der Waals surface area contributed by atoms with Crippen molar-refractivity contribution in [1.29, 1.82) is 0 Å². The fourth-order valence-corrected chi connectivity index (χ4v) is 1.80. The predicted molar refractivity (Wildman–Crippen MR) is 70.3 cm³/mol. The molecule has 1 heterocycles. The maximum atomic E-state index is 5.72. The summed E-state index contributed by atoms with van der Waals surface area (Å²) in [4.78, 5) is 0. The summed E-state index contributed by atoms with van der Waals surface area (Å²) >= 11 is 0. The highest BCUT2D eigenvalue weighted by atomic mass is 35.5. The zero-order chi connectivity index (χ0) is 11.5. The highest BCUT2D eigenvalue weighted by Crippen LogP contribution is 2.31. The van der Waals surface area contributed by atoms with E-state index in [1.807, 2.05) is 37.5 Å². The van der Waals surface area contributed by atoms with Crippen molar-refractivity contribution in [3.8, 4) is 16.9 Å². The van der Waals surface area contributed by atoms with E-state index in [4.69, 9.17) is 10.5 Å². The van der Waals surface area contributed by atoms with E-state index in [-0.39, 0.29) is 12.4 Å². The van der Waals surface area contributed by atoms with E-state index < -0.39 is 0 Å². The minimum atomic E-state index is 0. The monoisotopic (exact) mass is 253 g/mol. The number of hydrogen-bond acceptors (Lipinski definition) is 3. The van der Waals surface area contributed by atoms with E-state index in [2.05, 4.69) is 5.10 Å². The summed E-state index contributed by atoms with van der Waals surface area (Å²) in [5, 5.41) is 4.22. The lowest BCUT2D eigenvalue weighted by atomic mass is 10.1. The van der Waals surface area contributed by atoms with Crippen LogP contribution in [0.25, 0.3) is 11.1 Å². The van der Waals surface area contributed by atoms with E-state index in [0.717, 1.165) is 22.6 Å². The van der Waals surface area contributed by atoms with Crippen LogP contribution in [0.3, 0.4) is 0 Å². The van der Waals surface area contributed by atoms with E-state index in [1.165, 1.54) is 0 Å². The average Bonchev–Trinajstić information content (AvgIpc) is 2.70. The Balaban J connectivity index is 0.00000144. The van der Waals surface area contributed by atoms with Crippen LogP contribution in [0.1, 0.15) is 5.69 Å². The SMILES string of the molecule is COc1ccccc1-c1cnn(C)c1CN.Cl. The zero-order valence-electron chi connectivity index (χ0n) is 9.88. The topological polar surface area (TPSA) is 53.1 Å². The zero-order valence-corrected chi connectivity index (χ0v) is 10.7. The highest BCUT2D eigenvalue weighted by molar-refractivity contribution is 5.85. The predicted octanol–water partition coefficient (Wildman–Crippen LogP) is 1.98. The van der Waals surface area contributed by atoms with Gasteiger partial charge in [-0.3, -0.25) is 4.68 Å². The Kier molecular flexibility index (Phi) is 4.54. The number of rotatable bonds is 3. The van der Waals surface area contributed by atoms with Crippen LogP contribution < -0.4 is 10.5 Å². The lowest BCUT2D eigenvalue weighted by molar-refractivity contribution is 0.416. The van der Waals surface area contributed by atoms with Gasteiger partial charge in [0.05, 0.1) is 19.0 Å². The molecule has 1 aromatic carbocycles. The lowest BCUT2D eigenvalue weighted by Gasteiger charge is -2.08. The smallest absolute Gasteiger partial charge is 0.126 e. The molecule has 2 N–H and O–H groups in total. The minimum Gasteiger partial charge on any atom is -0.496 e. The molecule has 0 saturated heterocycles. The highest BCUT2D eigenvalue weighted by Gasteiger charge is 2.12. The summed E-state index contributed by atoms with van der Waals surface area (Å²) in [6, 6.07) is 7.86. The minimum absolute atomic E-state index is 0. The third kappa shape index (κ3) is 2.43. The molecule has 0 aliphatic heterocycles. The number of halogens is 1. The van der Waals surface area contributed by atoms with Gasteiger partial charge in [-0.15, -0.1) is 12.4 Å². The van der Waals surface area contributed by atoms with Gasteiger partial charge in [0.2, 0.25) is 0 Å². The van der Waals surface area contributed by atoms with E-state index in [1.54, 1.807) is 11.8 Å². The van der Waals surface area contributed by atoms with E-state index in [9.17, 15) is 0 Å². The van der Waals surface area contributed by atoms with Crippen LogP contribution >= 0.6 is 12.4 Å². The summed E-state index contributed by atoms with van der Waals surface area (Å²) in [7, 11) is 3.55. The molecular formula is C12H16ClN3O. The van der Waals surface area contributed by atoms with Crippen LogP contribution in [0.5, 0.6) is 5.75 Å². The molecule has 0 atom stereocenters. The molecule has 0 saturated carbocycles. The van der Waals surface area contributed by atoms with Gasteiger partial charge in [-0.1, -0.05) is 18.2 Å². The molecule has 0 fully saturated rings. The Bertz CT molecular complexity index is 496. The second-order valence-corrected chi connectivity index (χ2v) is 3.53. The number of benzene rings is 1. The molecule has 0 aliphatic rings. The first-order valence-electron chi connectivity index (χ1n) is 5.12. The molecule has 0 radical (unpaired) electrons. The maximum Gasteiger partial charge on any atom is 0.126 e. The van der Waals surface area contributed by atoms with Crippen LogP contribution in [0.15, 0.2) is 30.5 Å². The third-order valence-electron chi connectivity index (χ3n) is 2.65. The summed E-state index contributed by atoms with van der Waals surface area (Å²) in [6.45, 7) is 0.462. The Morgan fingerprint density at radius 1 is 1.29 bits per heavy atom. The molecule has 5 heteroatoms. The van der Waals surface area contributed by atoms with Crippen molar-refractivity contribution in [2.24, 2.45) is 12.8 Å². The molecule has 0 spiro atoms. The van der Waals surface area contributed by atoms with Crippen molar-refractivity contribution in [1.82, 2.24) is 9.78 Å². The summed E-state index contributed by atoms with van der Waals surface area (Å²) in [5.41, 5.74) is 8.78. The molecule has 4 nitrogen and oxygen atoms in total. The summed E-state index contributed by atoms with van der Waals surface area (Å²) < 4.78 is 7.12. The van der Waals surface area contributed by atoms with Crippen molar-refractivity contribution in [3.05, 3.63) is 36.2 Å². The number of nitrogens with two attached hydrogens (primary N) is 1. The quantitative estimate of drug-likeness (QED) is 0.910. The molecule has 0 bridgehead atoms.